The Morgan fingerprint density at radius 1 is 1.28 bits per heavy atom. The van der Waals surface area contributed by atoms with Gasteiger partial charge in [-0.2, -0.15) is 10.3 Å². The van der Waals surface area contributed by atoms with E-state index in [-0.39, 0.29) is 30.0 Å². The molecule has 9 nitrogen and oxygen atoms in total. The van der Waals surface area contributed by atoms with Gasteiger partial charge >= 0.3 is 0 Å². The van der Waals surface area contributed by atoms with Crippen molar-refractivity contribution in [3.8, 4) is 0 Å². The summed E-state index contributed by atoms with van der Waals surface area (Å²) in [5.41, 5.74) is 0.712. The van der Waals surface area contributed by atoms with Crippen molar-refractivity contribution in [1.82, 2.24) is 24.7 Å². The summed E-state index contributed by atoms with van der Waals surface area (Å²) >= 11 is 0. The van der Waals surface area contributed by atoms with E-state index in [2.05, 4.69) is 15.2 Å². The van der Waals surface area contributed by atoms with Crippen LogP contribution in [0.3, 0.4) is 0 Å². The molecule has 4 rings (SSSR count). The third-order valence-electron chi connectivity index (χ3n) is 5.79. The number of carbonyl (C=O) groups excluding carboxylic acids is 1. The zero-order valence-electron chi connectivity index (χ0n) is 16.9. The number of nitrogens with zero attached hydrogens (tertiary/aromatic N) is 4. The summed E-state index contributed by atoms with van der Waals surface area (Å²) in [5.74, 6) is 0.536. The van der Waals surface area contributed by atoms with Gasteiger partial charge in [0.1, 0.15) is 5.76 Å². The molecule has 0 aliphatic carbocycles. The van der Waals surface area contributed by atoms with E-state index in [9.17, 15) is 9.59 Å². The SMILES string of the molecule is Cn1cc([C@H]2[C@H](CN3CCCCC3)OCCN2C(=O)CCc2cc(=O)[nH]o2)cn1. The van der Waals surface area contributed by atoms with Gasteiger partial charge in [-0.05, 0) is 25.9 Å². The molecule has 0 radical (unpaired) electrons. The van der Waals surface area contributed by atoms with Crippen LogP contribution < -0.4 is 5.56 Å². The first kappa shape index (κ1) is 19.9. The molecular formula is C20H29N5O4. The highest BCUT2D eigenvalue weighted by molar-refractivity contribution is 5.77. The van der Waals surface area contributed by atoms with Gasteiger partial charge in [-0.1, -0.05) is 6.42 Å². The number of morpholine rings is 1. The van der Waals surface area contributed by atoms with Crippen LogP contribution in [0.1, 0.15) is 43.0 Å². The van der Waals surface area contributed by atoms with Crippen LogP contribution in [-0.2, 0) is 23.0 Å². The Labute approximate surface area is 169 Å². The summed E-state index contributed by atoms with van der Waals surface area (Å²) in [7, 11) is 1.88. The van der Waals surface area contributed by atoms with Crippen LogP contribution >= 0.6 is 0 Å². The van der Waals surface area contributed by atoms with Gasteiger partial charge in [0.05, 0.1) is 24.9 Å². The van der Waals surface area contributed by atoms with Gasteiger partial charge in [0.25, 0.3) is 5.56 Å². The maximum absolute atomic E-state index is 13.1. The molecule has 0 bridgehead atoms. The standard InChI is InChI=1S/C20H29N5O4/c1-23-13-15(12-21-23)20-17(14-24-7-3-2-4-8-24)28-10-9-25(20)19(27)6-5-16-11-18(26)22-29-16/h11-13,17,20H,2-10,14H2,1H3,(H,22,26)/t17-,20-/m0/s1. The van der Waals surface area contributed by atoms with E-state index in [0.29, 0.717) is 25.3 Å². The van der Waals surface area contributed by atoms with E-state index in [0.717, 1.165) is 25.2 Å². The molecule has 2 aromatic rings. The van der Waals surface area contributed by atoms with Crippen molar-refractivity contribution >= 4 is 5.91 Å². The lowest BCUT2D eigenvalue weighted by Gasteiger charge is -2.43. The molecule has 2 atom stereocenters. The number of likely N-dealkylation sites (tertiary alicyclic amines) is 1. The molecule has 1 N–H and O–H groups in total. The van der Waals surface area contributed by atoms with E-state index in [1.165, 1.54) is 25.3 Å². The maximum Gasteiger partial charge on any atom is 0.280 e. The predicted molar refractivity (Wildman–Crippen MR) is 105 cm³/mol. The van der Waals surface area contributed by atoms with Crippen LogP contribution in [0.4, 0.5) is 0 Å². The first-order valence-corrected chi connectivity index (χ1v) is 10.4. The average Bonchev–Trinajstić information content (AvgIpc) is 3.34. The number of amides is 1. The fraction of sp³-hybridized carbons (Fsp3) is 0.650. The number of aromatic amines is 1. The second-order valence-electron chi connectivity index (χ2n) is 7.93. The number of hydrogen-bond donors (Lipinski definition) is 1. The van der Waals surface area contributed by atoms with Crippen LogP contribution in [0.25, 0.3) is 0 Å². The average molecular weight is 403 g/mol. The van der Waals surface area contributed by atoms with E-state index in [4.69, 9.17) is 9.26 Å². The van der Waals surface area contributed by atoms with Crippen LogP contribution in [-0.4, -0.2) is 69.5 Å². The van der Waals surface area contributed by atoms with Gasteiger partial charge in [-0.25, -0.2) is 0 Å². The lowest BCUT2D eigenvalue weighted by Crippen LogP contribution is -2.52. The minimum Gasteiger partial charge on any atom is -0.384 e. The Balaban J connectivity index is 1.50. The van der Waals surface area contributed by atoms with Gasteiger partial charge in [-0.15, -0.1) is 0 Å². The lowest BCUT2D eigenvalue weighted by atomic mass is 9.98. The van der Waals surface area contributed by atoms with Gasteiger partial charge in [0.15, 0.2) is 0 Å². The number of hydrogen-bond acceptors (Lipinski definition) is 6. The smallest absolute Gasteiger partial charge is 0.280 e. The molecule has 0 saturated carbocycles. The van der Waals surface area contributed by atoms with E-state index >= 15 is 0 Å². The monoisotopic (exact) mass is 403 g/mol. The van der Waals surface area contributed by atoms with Crippen molar-refractivity contribution < 1.29 is 14.1 Å². The molecule has 2 aromatic heterocycles. The van der Waals surface area contributed by atoms with Crippen LogP contribution in [0, 0.1) is 0 Å². The molecule has 0 unspecified atom stereocenters. The van der Waals surface area contributed by atoms with E-state index in [1.807, 2.05) is 24.3 Å². The summed E-state index contributed by atoms with van der Waals surface area (Å²) in [6, 6.07) is 1.23. The van der Waals surface area contributed by atoms with Crippen LogP contribution in [0.15, 0.2) is 27.8 Å². The minimum atomic E-state index is -0.284. The zero-order valence-corrected chi connectivity index (χ0v) is 16.9. The molecule has 29 heavy (non-hydrogen) atoms. The predicted octanol–water partition coefficient (Wildman–Crippen LogP) is 1.09. The fourth-order valence-electron chi connectivity index (χ4n) is 4.37. The largest absolute Gasteiger partial charge is 0.384 e. The van der Waals surface area contributed by atoms with Gasteiger partial charge in [0, 0.05) is 50.8 Å². The minimum absolute atomic E-state index is 0.0367. The summed E-state index contributed by atoms with van der Waals surface area (Å²) in [5, 5.41) is 6.59. The Morgan fingerprint density at radius 3 is 2.79 bits per heavy atom. The summed E-state index contributed by atoms with van der Waals surface area (Å²) in [4.78, 5) is 28.7. The molecule has 158 valence electrons. The van der Waals surface area contributed by atoms with Crippen molar-refractivity contribution in [2.24, 2.45) is 7.05 Å². The molecule has 2 saturated heterocycles. The Hall–Kier alpha value is -2.39. The van der Waals surface area contributed by atoms with Crippen molar-refractivity contribution in [2.75, 3.05) is 32.8 Å². The molecule has 0 aromatic carbocycles. The third kappa shape index (κ3) is 4.79. The molecule has 2 aliphatic rings. The molecule has 1 amide bonds. The summed E-state index contributed by atoms with van der Waals surface area (Å²) < 4.78 is 13.0. The summed E-state index contributed by atoms with van der Waals surface area (Å²) in [6.07, 6.45) is 8.11. The summed E-state index contributed by atoms with van der Waals surface area (Å²) in [6.45, 7) is 4.06. The first-order chi connectivity index (χ1) is 14.1. The number of piperidine rings is 1. The topological polar surface area (TPSA) is 96.6 Å². The Kier molecular flexibility index (Phi) is 6.15. The molecule has 2 aliphatic heterocycles. The second-order valence-corrected chi connectivity index (χ2v) is 7.93. The first-order valence-electron chi connectivity index (χ1n) is 10.4. The van der Waals surface area contributed by atoms with Crippen molar-refractivity contribution in [3.05, 3.63) is 40.1 Å². The quantitative estimate of drug-likeness (QED) is 0.776. The molecular weight excluding hydrogens is 374 g/mol. The second kappa shape index (κ2) is 8.96. The molecule has 2 fully saturated rings. The Bertz CT molecular complexity index is 866. The third-order valence-corrected chi connectivity index (χ3v) is 5.79. The number of carbonyl (C=O) groups is 1. The zero-order chi connectivity index (χ0) is 20.2. The number of H-pyrrole nitrogens is 1. The highest BCUT2D eigenvalue weighted by Crippen LogP contribution is 2.31. The fourth-order valence-corrected chi connectivity index (χ4v) is 4.37. The number of aryl methyl sites for hydroxylation is 2. The van der Waals surface area contributed by atoms with Crippen molar-refractivity contribution in [1.29, 1.82) is 0 Å². The van der Waals surface area contributed by atoms with Crippen LogP contribution in [0.2, 0.25) is 0 Å². The van der Waals surface area contributed by atoms with Crippen molar-refractivity contribution in [3.63, 3.8) is 0 Å². The van der Waals surface area contributed by atoms with Crippen molar-refractivity contribution in [2.45, 2.75) is 44.2 Å². The highest BCUT2D eigenvalue weighted by Gasteiger charge is 2.38. The highest BCUT2D eigenvalue weighted by atomic mass is 16.5. The molecule has 9 heteroatoms. The van der Waals surface area contributed by atoms with Crippen LogP contribution in [0.5, 0.6) is 0 Å². The lowest BCUT2D eigenvalue weighted by molar-refractivity contribution is -0.148. The molecule has 0 spiro atoms. The van der Waals surface area contributed by atoms with E-state index in [1.54, 1.807) is 4.68 Å². The van der Waals surface area contributed by atoms with E-state index < -0.39 is 0 Å². The number of ether oxygens (including phenoxy) is 1. The van der Waals surface area contributed by atoms with Gasteiger partial charge in [0.2, 0.25) is 5.91 Å². The molecule has 4 heterocycles. The number of nitrogens with one attached hydrogen (secondary N) is 1. The number of aromatic nitrogens is 3. The van der Waals surface area contributed by atoms with Gasteiger partial charge in [-0.3, -0.25) is 14.3 Å². The van der Waals surface area contributed by atoms with Gasteiger partial charge < -0.3 is 19.1 Å². The maximum atomic E-state index is 13.1. The normalized spacial score (nSPS) is 23.4. The Morgan fingerprint density at radius 2 is 2.10 bits per heavy atom. The number of rotatable bonds is 6.